The molecule has 0 aromatic heterocycles. The van der Waals surface area contributed by atoms with Crippen LogP contribution in [0.5, 0.6) is 5.75 Å². The second kappa shape index (κ2) is 12.6. The first-order chi connectivity index (χ1) is 16.8. The molecule has 4 amide bonds. The lowest BCUT2D eigenvalue weighted by molar-refractivity contribution is -0.144. The molecule has 4 atom stereocenters. The third-order valence-corrected chi connectivity index (χ3v) is 5.89. The lowest BCUT2D eigenvalue weighted by Crippen LogP contribution is -2.55. The van der Waals surface area contributed by atoms with E-state index in [-0.39, 0.29) is 23.6 Å². The van der Waals surface area contributed by atoms with Crippen molar-refractivity contribution in [1.82, 2.24) is 15.5 Å². The van der Waals surface area contributed by atoms with E-state index in [1.807, 2.05) is 6.92 Å². The average Bonchev–Trinajstić information content (AvgIpc) is 3.49. The van der Waals surface area contributed by atoms with Crippen LogP contribution in [0.25, 0.3) is 0 Å². The van der Waals surface area contributed by atoms with Gasteiger partial charge in [-0.25, -0.2) is 4.79 Å². The minimum absolute atomic E-state index is 0.0247. The molecular weight excluding hydrogens is 464 g/mol. The number of rotatable bonds is 12. The Kier molecular flexibility index (Phi) is 10.1. The summed E-state index contributed by atoms with van der Waals surface area (Å²) in [6.45, 7) is 9.51. The summed E-state index contributed by atoms with van der Waals surface area (Å²) >= 11 is 0. The first kappa shape index (κ1) is 28.9. The number of aromatic hydroxyl groups is 1. The van der Waals surface area contributed by atoms with Crippen LogP contribution in [-0.4, -0.2) is 58.1 Å². The van der Waals surface area contributed by atoms with Crippen LogP contribution in [-0.2, 0) is 19.1 Å². The Morgan fingerprint density at radius 2 is 1.78 bits per heavy atom. The standard InChI is InChI=1S/C26H40N4O6/c1-6-7-8-13-28-23(33)22(17-9-11-18(31)12-10-17)30(20-14-16(20)2)24(34)19(15-21(27)32)29-25(35)36-26(3,4)5/h9-12,16,19-20,22,31H,6-8,13-15H2,1-5H3,(H2,27,32)(H,28,33)(H,29,35). The molecule has 200 valence electrons. The summed E-state index contributed by atoms with van der Waals surface area (Å²) in [5.41, 5.74) is 5.09. The Labute approximate surface area is 212 Å². The Hall–Kier alpha value is -3.30. The molecule has 0 radical (unpaired) electrons. The highest BCUT2D eigenvalue weighted by Gasteiger charge is 2.48. The molecule has 1 saturated carbocycles. The van der Waals surface area contributed by atoms with Gasteiger partial charge < -0.3 is 31.1 Å². The summed E-state index contributed by atoms with van der Waals surface area (Å²) in [6.07, 6.45) is 2.09. The van der Waals surface area contributed by atoms with Gasteiger partial charge in [-0.15, -0.1) is 0 Å². The van der Waals surface area contributed by atoms with Crippen LogP contribution in [0.3, 0.4) is 0 Å². The zero-order valence-electron chi connectivity index (χ0n) is 21.9. The fourth-order valence-electron chi connectivity index (χ4n) is 3.98. The normalized spacial score (nSPS) is 18.5. The number of primary amides is 1. The minimum Gasteiger partial charge on any atom is -0.508 e. The van der Waals surface area contributed by atoms with Crippen LogP contribution >= 0.6 is 0 Å². The number of unbranched alkanes of at least 4 members (excludes halogenated alkanes) is 2. The molecule has 0 aliphatic heterocycles. The van der Waals surface area contributed by atoms with Gasteiger partial charge in [-0.3, -0.25) is 14.4 Å². The van der Waals surface area contributed by atoms with Crippen molar-refractivity contribution in [2.45, 2.75) is 90.4 Å². The largest absolute Gasteiger partial charge is 0.508 e. The maximum absolute atomic E-state index is 13.9. The molecule has 36 heavy (non-hydrogen) atoms. The second-order valence-electron chi connectivity index (χ2n) is 10.4. The molecule has 1 aliphatic rings. The van der Waals surface area contributed by atoms with Crippen molar-refractivity contribution >= 4 is 23.8 Å². The Morgan fingerprint density at radius 1 is 1.17 bits per heavy atom. The maximum atomic E-state index is 13.9. The number of carbonyl (C=O) groups is 4. The summed E-state index contributed by atoms with van der Waals surface area (Å²) in [6, 6.07) is 3.47. The van der Waals surface area contributed by atoms with E-state index in [1.54, 1.807) is 32.9 Å². The fourth-order valence-corrected chi connectivity index (χ4v) is 3.98. The van der Waals surface area contributed by atoms with Crippen molar-refractivity contribution < 1.29 is 29.0 Å². The number of ether oxygens (including phenoxy) is 1. The number of nitrogens with zero attached hydrogens (tertiary/aromatic N) is 1. The first-order valence-electron chi connectivity index (χ1n) is 12.5. The molecule has 0 spiro atoms. The molecule has 2 rings (SSSR count). The minimum atomic E-state index is -1.31. The van der Waals surface area contributed by atoms with Crippen LogP contribution in [0.15, 0.2) is 24.3 Å². The van der Waals surface area contributed by atoms with Gasteiger partial charge in [0.15, 0.2) is 0 Å². The van der Waals surface area contributed by atoms with Gasteiger partial charge in [0.05, 0.1) is 6.42 Å². The fraction of sp³-hybridized carbons (Fsp3) is 0.615. The van der Waals surface area contributed by atoms with Crippen molar-refractivity contribution in [1.29, 1.82) is 0 Å². The first-order valence-corrected chi connectivity index (χ1v) is 12.5. The smallest absolute Gasteiger partial charge is 0.408 e. The molecule has 1 aromatic rings. The summed E-state index contributed by atoms with van der Waals surface area (Å²) < 4.78 is 5.28. The molecule has 1 aromatic carbocycles. The highest BCUT2D eigenvalue weighted by atomic mass is 16.6. The summed E-state index contributed by atoms with van der Waals surface area (Å²) in [5, 5.41) is 15.2. The quantitative estimate of drug-likeness (QED) is 0.321. The van der Waals surface area contributed by atoms with Crippen LogP contribution in [0.1, 0.15) is 78.3 Å². The molecule has 0 bridgehead atoms. The topological polar surface area (TPSA) is 151 Å². The zero-order valence-corrected chi connectivity index (χ0v) is 21.9. The van der Waals surface area contributed by atoms with Crippen molar-refractivity contribution in [2.24, 2.45) is 11.7 Å². The third-order valence-electron chi connectivity index (χ3n) is 5.89. The number of alkyl carbamates (subject to hydrolysis) is 1. The van der Waals surface area contributed by atoms with Gasteiger partial charge >= 0.3 is 6.09 Å². The molecule has 1 aliphatic carbocycles. The number of carbonyl (C=O) groups excluding carboxylic acids is 4. The second-order valence-corrected chi connectivity index (χ2v) is 10.4. The van der Waals surface area contributed by atoms with Gasteiger partial charge in [0.2, 0.25) is 17.7 Å². The lowest BCUT2D eigenvalue weighted by atomic mass is 10.0. The van der Waals surface area contributed by atoms with Crippen molar-refractivity contribution in [3.63, 3.8) is 0 Å². The highest BCUT2D eigenvalue weighted by Crippen LogP contribution is 2.41. The Morgan fingerprint density at radius 3 is 2.28 bits per heavy atom. The molecule has 4 unspecified atom stereocenters. The monoisotopic (exact) mass is 504 g/mol. The van der Waals surface area contributed by atoms with E-state index in [4.69, 9.17) is 10.5 Å². The molecule has 0 saturated heterocycles. The van der Waals surface area contributed by atoms with E-state index >= 15 is 0 Å². The molecule has 1 fully saturated rings. The zero-order chi connectivity index (χ0) is 27.0. The highest BCUT2D eigenvalue weighted by molar-refractivity contribution is 5.95. The van der Waals surface area contributed by atoms with Crippen LogP contribution in [0.2, 0.25) is 0 Å². The summed E-state index contributed by atoms with van der Waals surface area (Å²) in [4.78, 5) is 53.1. The predicted molar refractivity (Wildman–Crippen MR) is 135 cm³/mol. The maximum Gasteiger partial charge on any atom is 0.408 e. The molecular formula is C26H40N4O6. The number of benzene rings is 1. The van der Waals surface area contributed by atoms with Crippen LogP contribution in [0, 0.1) is 5.92 Å². The number of hydrogen-bond acceptors (Lipinski definition) is 6. The van der Waals surface area contributed by atoms with Crippen molar-refractivity contribution in [2.75, 3.05) is 6.54 Å². The number of hydrogen-bond donors (Lipinski definition) is 4. The number of nitrogens with one attached hydrogen (secondary N) is 2. The van der Waals surface area contributed by atoms with Gasteiger partial charge in [-0.2, -0.15) is 0 Å². The third kappa shape index (κ3) is 8.73. The van der Waals surface area contributed by atoms with Crippen molar-refractivity contribution in [3.8, 4) is 5.75 Å². The Bertz CT molecular complexity index is 927. The van der Waals surface area contributed by atoms with Gasteiger partial charge in [0.1, 0.15) is 23.4 Å². The summed E-state index contributed by atoms with van der Waals surface area (Å²) in [7, 11) is 0. The number of amides is 4. The number of phenolic OH excluding ortho intramolecular Hbond substituents is 1. The van der Waals surface area contributed by atoms with Crippen LogP contribution in [0.4, 0.5) is 4.79 Å². The summed E-state index contributed by atoms with van der Waals surface area (Å²) in [5.74, 6) is -1.61. The molecule has 5 N–H and O–H groups in total. The lowest BCUT2D eigenvalue weighted by Gasteiger charge is -2.35. The number of phenols is 1. The van der Waals surface area contributed by atoms with E-state index in [0.717, 1.165) is 19.3 Å². The SMILES string of the molecule is CCCCCNC(=O)C(c1ccc(O)cc1)N(C(=O)C(CC(N)=O)NC(=O)OC(C)(C)C)C1CC1C. The predicted octanol–water partition coefficient (Wildman–Crippen LogP) is 2.75. The van der Waals surface area contributed by atoms with Gasteiger partial charge in [0, 0.05) is 12.6 Å². The van der Waals surface area contributed by atoms with E-state index < -0.39 is 42.0 Å². The number of nitrogens with two attached hydrogens (primary N) is 1. The molecule has 0 heterocycles. The van der Waals surface area contributed by atoms with Gasteiger partial charge in [0.25, 0.3) is 0 Å². The van der Waals surface area contributed by atoms with E-state index in [0.29, 0.717) is 18.5 Å². The van der Waals surface area contributed by atoms with Gasteiger partial charge in [-0.1, -0.05) is 38.8 Å². The van der Waals surface area contributed by atoms with Crippen LogP contribution < -0.4 is 16.4 Å². The molecule has 10 heteroatoms. The van der Waals surface area contributed by atoms with E-state index in [1.165, 1.54) is 17.0 Å². The molecule has 10 nitrogen and oxygen atoms in total. The van der Waals surface area contributed by atoms with Gasteiger partial charge in [-0.05, 0) is 57.2 Å². The van der Waals surface area contributed by atoms with E-state index in [9.17, 15) is 24.3 Å². The Balaban J connectivity index is 2.42. The van der Waals surface area contributed by atoms with E-state index in [2.05, 4.69) is 17.6 Å². The average molecular weight is 505 g/mol. The van der Waals surface area contributed by atoms with Crippen molar-refractivity contribution in [3.05, 3.63) is 29.8 Å².